The predicted molar refractivity (Wildman–Crippen MR) is 61.2 cm³/mol. The van der Waals surface area contributed by atoms with Gasteiger partial charge in [-0.2, -0.15) is 0 Å². The molecular formula is C12H16O4. The van der Waals surface area contributed by atoms with Crippen molar-refractivity contribution in [3.8, 4) is 0 Å². The van der Waals surface area contributed by atoms with Gasteiger partial charge in [-0.25, -0.2) is 0 Å². The molecule has 0 radical (unpaired) electrons. The summed E-state index contributed by atoms with van der Waals surface area (Å²) in [5, 5.41) is 17.4. The summed E-state index contributed by atoms with van der Waals surface area (Å²) in [7, 11) is 0. The minimum atomic E-state index is -0.969. The van der Waals surface area contributed by atoms with Crippen LogP contribution in [-0.4, -0.2) is 22.2 Å². The van der Waals surface area contributed by atoms with Crippen molar-refractivity contribution in [1.29, 1.82) is 0 Å². The van der Waals surface area contributed by atoms with E-state index in [1.807, 2.05) is 0 Å². The van der Waals surface area contributed by atoms with Crippen LogP contribution in [0.15, 0.2) is 36.5 Å². The van der Waals surface area contributed by atoms with Gasteiger partial charge in [-0.1, -0.05) is 23.3 Å². The SMILES string of the molecule is C=CC/C(CC(=O)O)=C(/CC=C)CC(=O)O. The molecule has 0 amide bonds. The highest BCUT2D eigenvalue weighted by Gasteiger charge is 2.11. The Balaban J connectivity index is 5.04. The number of carboxylic acid groups (broad SMARTS) is 2. The summed E-state index contributed by atoms with van der Waals surface area (Å²) in [6.07, 6.45) is 3.63. The van der Waals surface area contributed by atoms with Gasteiger partial charge in [-0.3, -0.25) is 9.59 Å². The maximum atomic E-state index is 10.6. The molecule has 0 aliphatic carbocycles. The molecule has 0 fully saturated rings. The van der Waals surface area contributed by atoms with E-state index in [1.165, 1.54) is 0 Å². The van der Waals surface area contributed by atoms with E-state index in [0.29, 0.717) is 24.0 Å². The van der Waals surface area contributed by atoms with Gasteiger partial charge in [0, 0.05) is 0 Å². The highest BCUT2D eigenvalue weighted by molar-refractivity contribution is 5.73. The third kappa shape index (κ3) is 5.80. The summed E-state index contributed by atoms with van der Waals surface area (Å²) >= 11 is 0. The minimum absolute atomic E-state index is 0.150. The predicted octanol–water partition coefficient (Wildman–Crippen LogP) is 2.38. The zero-order valence-corrected chi connectivity index (χ0v) is 9.11. The maximum absolute atomic E-state index is 10.6. The normalized spacial score (nSPS) is 11.5. The number of carboxylic acids is 2. The van der Waals surface area contributed by atoms with Crippen LogP contribution in [0.2, 0.25) is 0 Å². The maximum Gasteiger partial charge on any atom is 0.307 e. The van der Waals surface area contributed by atoms with Crippen LogP contribution in [0.4, 0.5) is 0 Å². The molecule has 88 valence electrons. The van der Waals surface area contributed by atoms with Gasteiger partial charge in [0.15, 0.2) is 0 Å². The van der Waals surface area contributed by atoms with E-state index in [0.717, 1.165) is 0 Å². The molecule has 0 bridgehead atoms. The van der Waals surface area contributed by atoms with Crippen LogP contribution >= 0.6 is 0 Å². The molecule has 0 unspecified atom stereocenters. The van der Waals surface area contributed by atoms with Crippen molar-refractivity contribution in [2.75, 3.05) is 0 Å². The Morgan fingerprint density at radius 1 is 0.875 bits per heavy atom. The monoisotopic (exact) mass is 224 g/mol. The van der Waals surface area contributed by atoms with Crippen LogP contribution in [0.3, 0.4) is 0 Å². The van der Waals surface area contributed by atoms with Gasteiger partial charge in [-0.15, -0.1) is 13.2 Å². The molecule has 0 aromatic rings. The first-order valence-electron chi connectivity index (χ1n) is 4.86. The first-order valence-corrected chi connectivity index (χ1v) is 4.86. The molecule has 0 aromatic carbocycles. The quantitative estimate of drug-likeness (QED) is 0.621. The molecule has 0 rings (SSSR count). The highest BCUT2D eigenvalue weighted by atomic mass is 16.4. The molecule has 0 saturated heterocycles. The second-order valence-corrected chi connectivity index (χ2v) is 3.33. The van der Waals surface area contributed by atoms with Crippen LogP contribution in [0, 0.1) is 0 Å². The molecule has 16 heavy (non-hydrogen) atoms. The molecule has 2 N–H and O–H groups in total. The van der Waals surface area contributed by atoms with Crippen LogP contribution in [-0.2, 0) is 9.59 Å². The van der Waals surface area contributed by atoms with Crippen LogP contribution in [0.5, 0.6) is 0 Å². The van der Waals surface area contributed by atoms with Gasteiger partial charge in [0.2, 0.25) is 0 Å². The summed E-state index contributed by atoms with van der Waals surface area (Å²) in [4.78, 5) is 21.3. The van der Waals surface area contributed by atoms with Crippen molar-refractivity contribution in [2.24, 2.45) is 0 Å². The number of rotatable bonds is 8. The lowest BCUT2D eigenvalue weighted by atomic mass is 9.96. The van der Waals surface area contributed by atoms with Crippen LogP contribution < -0.4 is 0 Å². The van der Waals surface area contributed by atoms with Gasteiger partial charge >= 0.3 is 11.9 Å². The summed E-state index contributed by atoms with van der Waals surface area (Å²) < 4.78 is 0. The van der Waals surface area contributed by atoms with Gasteiger partial charge in [-0.05, 0) is 12.8 Å². The van der Waals surface area contributed by atoms with Crippen molar-refractivity contribution >= 4 is 11.9 Å². The van der Waals surface area contributed by atoms with Crippen LogP contribution in [0.25, 0.3) is 0 Å². The van der Waals surface area contributed by atoms with E-state index in [4.69, 9.17) is 10.2 Å². The Kier molecular flexibility index (Phi) is 6.59. The van der Waals surface area contributed by atoms with E-state index < -0.39 is 11.9 Å². The topological polar surface area (TPSA) is 74.6 Å². The Hall–Kier alpha value is -1.84. The fourth-order valence-corrected chi connectivity index (χ4v) is 1.40. The van der Waals surface area contributed by atoms with Crippen molar-refractivity contribution in [1.82, 2.24) is 0 Å². The first-order chi connectivity index (χ1) is 7.51. The first kappa shape index (κ1) is 14.2. The zero-order chi connectivity index (χ0) is 12.6. The molecule has 0 spiro atoms. The standard InChI is InChI=1S/C12H16O4/c1-3-5-9(7-11(13)14)10(6-4-2)8-12(15)16/h3-4H,1-2,5-8H2,(H,13,14)(H,15,16)/b10-9+. The average molecular weight is 224 g/mol. The lowest BCUT2D eigenvalue weighted by Crippen LogP contribution is -2.04. The van der Waals surface area contributed by atoms with E-state index in [1.54, 1.807) is 12.2 Å². The van der Waals surface area contributed by atoms with Gasteiger partial charge in [0.1, 0.15) is 0 Å². The molecule has 0 aliphatic rings. The third-order valence-corrected chi connectivity index (χ3v) is 2.01. The molecule has 0 heterocycles. The Morgan fingerprint density at radius 3 is 1.38 bits per heavy atom. The van der Waals surface area contributed by atoms with Crippen LogP contribution in [0.1, 0.15) is 25.7 Å². The summed E-state index contributed by atoms with van der Waals surface area (Å²) in [5.41, 5.74) is 1.20. The zero-order valence-electron chi connectivity index (χ0n) is 9.11. The van der Waals surface area contributed by atoms with Crippen molar-refractivity contribution in [2.45, 2.75) is 25.7 Å². The van der Waals surface area contributed by atoms with Crippen molar-refractivity contribution < 1.29 is 19.8 Å². The molecule has 0 aliphatic heterocycles. The van der Waals surface area contributed by atoms with E-state index in [-0.39, 0.29) is 12.8 Å². The molecule has 0 aromatic heterocycles. The fraction of sp³-hybridized carbons (Fsp3) is 0.333. The molecular weight excluding hydrogens is 208 g/mol. The summed E-state index contributed by atoms with van der Waals surface area (Å²) in [5.74, 6) is -1.94. The van der Waals surface area contributed by atoms with Crippen molar-refractivity contribution in [3.63, 3.8) is 0 Å². The lowest BCUT2D eigenvalue weighted by molar-refractivity contribution is -0.137. The molecule has 4 nitrogen and oxygen atoms in total. The number of carbonyl (C=O) groups is 2. The summed E-state index contributed by atoms with van der Waals surface area (Å²) in [6.45, 7) is 7.06. The van der Waals surface area contributed by atoms with Gasteiger partial charge < -0.3 is 10.2 Å². The van der Waals surface area contributed by atoms with Crippen molar-refractivity contribution in [3.05, 3.63) is 36.5 Å². The number of allylic oxidation sites excluding steroid dienone is 2. The smallest absolute Gasteiger partial charge is 0.307 e. The fourth-order valence-electron chi connectivity index (χ4n) is 1.40. The van der Waals surface area contributed by atoms with E-state index >= 15 is 0 Å². The molecule has 0 saturated carbocycles. The van der Waals surface area contributed by atoms with Gasteiger partial charge in [0.25, 0.3) is 0 Å². The second kappa shape index (κ2) is 7.45. The number of hydrogen-bond donors (Lipinski definition) is 2. The second-order valence-electron chi connectivity index (χ2n) is 3.33. The molecule has 4 heteroatoms. The highest BCUT2D eigenvalue weighted by Crippen LogP contribution is 2.20. The Labute approximate surface area is 94.6 Å². The third-order valence-electron chi connectivity index (χ3n) is 2.01. The molecule has 0 atom stereocenters. The van der Waals surface area contributed by atoms with E-state index in [9.17, 15) is 9.59 Å². The Bertz CT molecular complexity index is 294. The van der Waals surface area contributed by atoms with Gasteiger partial charge in [0.05, 0.1) is 12.8 Å². The van der Waals surface area contributed by atoms with E-state index in [2.05, 4.69) is 13.2 Å². The number of aliphatic carboxylic acids is 2. The summed E-state index contributed by atoms with van der Waals surface area (Å²) in [6, 6.07) is 0. The number of hydrogen-bond acceptors (Lipinski definition) is 2. The average Bonchev–Trinajstić information content (AvgIpc) is 2.15. The largest absolute Gasteiger partial charge is 0.481 e. The minimum Gasteiger partial charge on any atom is -0.481 e. The lowest BCUT2D eigenvalue weighted by Gasteiger charge is -2.09. The Morgan fingerprint density at radius 2 is 1.19 bits per heavy atom.